The van der Waals surface area contributed by atoms with E-state index in [1.807, 2.05) is 77.5 Å². The first-order chi connectivity index (χ1) is 15.9. The van der Waals surface area contributed by atoms with Crippen molar-refractivity contribution >= 4 is 24.2 Å². The number of hydrogen-bond donors (Lipinski definition) is 0. The van der Waals surface area contributed by atoms with Crippen LogP contribution >= 0.6 is 0 Å². The van der Waals surface area contributed by atoms with Crippen molar-refractivity contribution in [2.75, 3.05) is 0 Å². The normalized spacial score (nSPS) is 19.0. The van der Waals surface area contributed by atoms with Crippen LogP contribution < -0.4 is 5.46 Å². The molecule has 0 radical (unpaired) electrons. The van der Waals surface area contributed by atoms with Gasteiger partial charge in [-0.05, 0) is 82.8 Å². The molecule has 5 rings (SSSR count). The first-order valence-electron chi connectivity index (χ1n) is 11.8. The zero-order valence-corrected chi connectivity index (χ0v) is 21.0. The van der Waals surface area contributed by atoms with Gasteiger partial charge in [0.15, 0.2) is 0 Å². The van der Waals surface area contributed by atoms with Gasteiger partial charge in [-0.2, -0.15) is 5.10 Å². The number of pyridine rings is 1. The fraction of sp³-hybridized carbons (Fsp3) is 0.462. The summed E-state index contributed by atoms with van der Waals surface area (Å²) >= 11 is 0. The van der Waals surface area contributed by atoms with Crippen molar-refractivity contribution in [1.82, 2.24) is 14.5 Å². The third-order valence-electron chi connectivity index (χ3n) is 7.04. The molecule has 0 bridgehead atoms. The molecule has 2 aliphatic heterocycles. The predicted molar refractivity (Wildman–Crippen MR) is 132 cm³/mol. The molecule has 0 aliphatic carbocycles. The highest BCUT2D eigenvalue weighted by Crippen LogP contribution is 2.39. The Balaban J connectivity index is 1.60. The van der Waals surface area contributed by atoms with Crippen LogP contribution in [0.4, 0.5) is 4.79 Å². The number of ether oxygens (including phenoxy) is 1. The molecule has 1 amide bonds. The second-order valence-electron chi connectivity index (χ2n) is 11.2. The van der Waals surface area contributed by atoms with Crippen LogP contribution in [0.15, 0.2) is 42.7 Å². The van der Waals surface area contributed by atoms with E-state index in [0.29, 0.717) is 13.1 Å². The first-order valence-corrected chi connectivity index (χ1v) is 11.8. The molecule has 0 spiro atoms. The fourth-order valence-electron chi connectivity index (χ4n) is 4.56. The Morgan fingerprint density at radius 2 is 1.68 bits per heavy atom. The molecule has 3 aromatic rings. The molecule has 0 unspecified atom stereocenters. The average Bonchev–Trinajstić information content (AvgIpc) is 3.40. The highest BCUT2D eigenvalue weighted by atomic mass is 16.7. The van der Waals surface area contributed by atoms with E-state index in [2.05, 4.69) is 23.3 Å². The molecule has 4 heterocycles. The first kappa shape index (κ1) is 22.9. The summed E-state index contributed by atoms with van der Waals surface area (Å²) in [6.07, 6.45) is 3.50. The number of carbonyl (C=O) groups is 1. The van der Waals surface area contributed by atoms with E-state index in [0.717, 1.165) is 33.2 Å². The summed E-state index contributed by atoms with van der Waals surface area (Å²) in [7, 11) is -0.504. The molecular formula is C26H32BN3O4. The second-order valence-corrected chi connectivity index (χ2v) is 11.2. The van der Waals surface area contributed by atoms with Crippen LogP contribution in [0.5, 0.6) is 0 Å². The minimum atomic E-state index is -0.564. The van der Waals surface area contributed by atoms with E-state index in [1.165, 1.54) is 0 Å². The lowest BCUT2D eigenvalue weighted by molar-refractivity contribution is 0.00578. The number of nitrogens with zero attached hydrogens (tertiary/aromatic N) is 3. The summed E-state index contributed by atoms with van der Waals surface area (Å²) in [6, 6.07) is 10.2. The third kappa shape index (κ3) is 3.79. The molecule has 1 saturated heterocycles. The van der Waals surface area contributed by atoms with E-state index in [-0.39, 0.29) is 6.09 Å². The number of rotatable bonds is 2. The maximum atomic E-state index is 13.0. The number of carbonyl (C=O) groups excluding carboxylic acids is 1. The SMILES string of the molecule is CC(C)(C)OC(=O)N1Cc2c(B3OC(C)(C)C(C)(C)O3)ccc(-c3cnn4ccccc34)c2C1. The molecular weight excluding hydrogens is 429 g/mol. The van der Waals surface area contributed by atoms with Crippen LogP contribution in [0.2, 0.25) is 0 Å². The van der Waals surface area contributed by atoms with Gasteiger partial charge in [0, 0.05) is 18.3 Å². The fourth-order valence-corrected chi connectivity index (χ4v) is 4.56. The molecule has 0 N–H and O–H groups in total. The zero-order chi connectivity index (χ0) is 24.5. The Morgan fingerprint density at radius 3 is 2.35 bits per heavy atom. The maximum Gasteiger partial charge on any atom is 0.495 e. The van der Waals surface area contributed by atoms with Gasteiger partial charge >= 0.3 is 13.2 Å². The van der Waals surface area contributed by atoms with Crippen LogP contribution in [0, 0.1) is 0 Å². The molecule has 1 aromatic carbocycles. The van der Waals surface area contributed by atoms with Crippen molar-refractivity contribution in [3.05, 3.63) is 53.9 Å². The summed E-state index contributed by atoms with van der Waals surface area (Å²) < 4.78 is 20.3. The van der Waals surface area contributed by atoms with Crippen molar-refractivity contribution in [2.45, 2.75) is 78.4 Å². The van der Waals surface area contributed by atoms with Crippen molar-refractivity contribution in [3.63, 3.8) is 0 Å². The summed E-state index contributed by atoms with van der Waals surface area (Å²) in [6.45, 7) is 14.7. The van der Waals surface area contributed by atoms with Gasteiger partial charge in [-0.3, -0.25) is 4.90 Å². The Labute approximate surface area is 201 Å². The zero-order valence-electron chi connectivity index (χ0n) is 21.0. The largest absolute Gasteiger partial charge is 0.495 e. The second kappa shape index (κ2) is 7.58. The minimum Gasteiger partial charge on any atom is -0.444 e. The van der Waals surface area contributed by atoms with Gasteiger partial charge in [0.05, 0.1) is 29.5 Å². The number of fused-ring (bicyclic) bond motifs is 2. The molecule has 7 nitrogen and oxygen atoms in total. The molecule has 34 heavy (non-hydrogen) atoms. The van der Waals surface area contributed by atoms with E-state index >= 15 is 0 Å². The quantitative estimate of drug-likeness (QED) is 0.524. The van der Waals surface area contributed by atoms with Gasteiger partial charge < -0.3 is 14.0 Å². The van der Waals surface area contributed by atoms with E-state index in [4.69, 9.17) is 14.0 Å². The Hall–Kier alpha value is -2.84. The summed E-state index contributed by atoms with van der Waals surface area (Å²) in [5, 5.41) is 4.52. The molecule has 2 aliphatic rings. The smallest absolute Gasteiger partial charge is 0.444 e. The van der Waals surface area contributed by atoms with E-state index in [1.54, 1.807) is 4.90 Å². The van der Waals surface area contributed by atoms with Gasteiger partial charge in [-0.15, -0.1) is 0 Å². The van der Waals surface area contributed by atoms with Crippen LogP contribution in [-0.2, 0) is 27.1 Å². The minimum absolute atomic E-state index is 0.325. The number of amides is 1. The highest BCUT2D eigenvalue weighted by molar-refractivity contribution is 6.62. The van der Waals surface area contributed by atoms with Crippen molar-refractivity contribution in [3.8, 4) is 11.1 Å². The Bertz CT molecular complexity index is 1260. The van der Waals surface area contributed by atoms with Crippen LogP contribution in [-0.4, -0.2) is 44.5 Å². The van der Waals surface area contributed by atoms with E-state index < -0.39 is 23.9 Å². The van der Waals surface area contributed by atoms with Crippen LogP contribution in [0.25, 0.3) is 16.6 Å². The van der Waals surface area contributed by atoms with Crippen LogP contribution in [0.1, 0.15) is 59.6 Å². The third-order valence-corrected chi connectivity index (χ3v) is 7.04. The monoisotopic (exact) mass is 461 g/mol. The van der Waals surface area contributed by atoms with Crippen LogP contribution in [0.3, 0.4) is 0 Å². The lowest BCUT2D eigenvalue weighted by atomic mass is 9.74. The average molecular weight is 461 g/mol. The lowest BCUT2D eigenvalue weighted by Crippen LogP contribution is -2.41. The van der Waals surface area contributed by atoms with Gasteiger partial charge in [-0.25, -0.2) is 9.31 Å². The van der Waals surface area contributed by atoms with E-state index in [9.17, 15) is 4.79 Å². The standard InChI is InChI=1S/C26H32BN3O4/c1-24(2,3)32-23(31)29-15-19-17(18-14-28-30-13-9-8-10-22(18)30)11-12-21(20(19)16-29)27-33-25(4,5)26(6,7)34-27/h8-14H,15-16H2,1-7H3. The van der Waals surface area contributed by atoms with Gasteiger partial charge in [-0.1, -0.05) is 18.2 Å². The molecule has 2 aromatic heterocycles. The molecule has 0 atom stereocenters. The number of aromatic nitrogens is 2. The van der Waals surface area contributed by atoms with Gasteiger partial charge in [0.1, 0.15) is 5.60 Å². The topological polar surface area (TPSA) is 65.3 Å². The lowest BCUT2D eigenvalue weighted by Gasteiger charge is -2.32. The molecule has 8 heteroatoms. The maximum absolute atomic E-state index is 13.0. The molecule has 178 valence electrons. The summed E-state index contributed by atoms with van der Waals surface area (Å²) in [5.41, 5.74) is 4.74. The number of benzene rings is 1. The summed E-state index contributed by atoms with van der Waals surface area (Å²) in [5.74, 6) is 0. The highest BCUT2D eigenvalue weighted by Gasteiger charge is 2.52. The van der Waals surface area contributed by atoms with Crippen molar-refractivity contribution in [1.29, 1.82) is 0 Å². The number of hydrogen-bond acceptors (Lipinski definition) is 5. The van der Waals surface area contributed by atoms with Crippen molar-refractivity contribution in [2.24, 2.45) is 0 Å². The Morgan fingerprint density at radius 1 is 1.00 bits per heavy atom. The van der Waals surface area contributed by atoms with Gasteiger partial charge in [0.2, 0.25) is 0 Å². The van der Waals surface area contributed by atoms with Crippen molar-refractivity contribution < 1.29 is 18.8 Å². The summed E-state index contributed by atoms with van der Waals surface area (Å²) in [4.78, 5) is 14.8. The Kier molecular flexibility index (Phi) is 5.12. The molecule has 0 saturated carbocycles. The van der Waals surface area contributed by atoms with Gasteiger partial charge in [0.25, 0.3) is 0 Å². The predicted octanol–water partition coefficient (Wildman–Crippen LogP) is 4.55. The molecule has 1 fully saturated rings.